The molecule has 0 aliphatic heterocycles. The van der Waals surface area contributed by atoms with Gasteiger partial charge in [-0.3, -0.25) is 4.98 Å². The molecule has 0 saturated carbocycles. The van der Waals surface area contributed by atoms with Gasteiger partial charge in [0.1, 0.15) is 0 Å². The van der Waals surface area contributed by atoms with Gasteiger partial charge in [-0.25, -0.2) is 0 Å². The molecule has 66 valence electrons. The molecular formula is C12H13N. The Bertz CT molecular complexity index is 333. The van der Waals surface area contributed by atoms with Crippen LogP contribution in [-0.4, -0.2) is 4.98 Å². The zero-order valence-corrected chi connectivity index (χ0v) is 7.83. The van der Waals surface area contributed by atoms with Crippen LogP contribution in [0.5, 0.6) is 0 Å². The molecule has 1 heteroatoms. The molecule has 0 aromatic carbocycles. The average Bonchev–Trinajstić information content (AvgIpc) is 2.15. The predicted molar refractivity (Wildman–Crippen MR) is 57.2 cm³/mol. The number of nitrogens with zero attached hydrogens (tertiary/aromatic N) is 1. The van der Waals surface area contributed by atoms with Gasteiger partial charge >= 0.3 is 0 Å². The predicted octanol–water partition coefficient (Wildman–Crippen LogP) is 3.23. The van der Waals surface area contributed by atoms with Crippen LogP contribution >= 0.6 is 0 Å². The molecule has 0 aliphatic carbocycles. The molecule has 0 N–H and O–H groups in total. The van der Waals surface area contributed by atoms with Crippen molar-refractivity contribution in [2.24, 2.45) is 0 Å². The van der Waals surface area contributed by atoms with Gasteiger partial charge in [-0.1, -0.05) is 30.9 Å². The molecule has 13 heavy (non-hydrogen) atoms. The van der Waals surface area contributed by atoms with Crippen molar-refractivity contribution in [1.29, 1.82) is 0 Å². The maximum absolute atomic E-state index is 3.96. The number of rotatable bonds is 3. The molecule has 1 aromatic rings. The Kier molecular flexibility index (Phi) is 3.21. The standard InChI is InChI=1S/C12H13N/c1-4-5-12(10(2)3)11-6-8-13-9-7-11/h4-9H,1-2H2,3H3/b12-5+. The van der Waals surface area contributed by atoms with Crippen molar-refractivity contribution < 1.29 is 0 Å². The van der Waals surface area contributed by atoms with Crippen LogP contribution in [0.15, 0.2) is 55.4 Å². The van der Waals surface area contributed by atoms with E-state index in [1.165, 1.54) is 0 Å². The van der Waals surface area contributed by atoms with Gasteiger partial charge < -0.3 is 0 Å². The lowest BCUT2D eigenvalue weighted by Gasteiger charge is -2.05. The van der Waals surface area contributed by atoms with Crippen LogP contribution in [0.2, 0.25) is 0 Å². The third-order valence-corrected chi connectivity index (χ3v) is 1.74. The van der Waals surface area contributed by atoms with Crippen molar-refractivity contribution in [1.82, 2.24) is 4.98 Å². The normalized spacial score (nSPS) is 11.0. The van der Waals surface area contributed by atoms with Crippen LogP contribution < -0.4 is 0 Å². The Balaban J connectivity index is 3.10. The van der Waals surface area contributed by atoms with E-state index in [0.717, 1.165) is 16.7 Å². The van der Waals surface area contributed by atoms with E-state index in [-0.39, 0.29) is 0 Å². The van der Waals surface area contributed by atoms with Crippen molar-refractivity contribution in [2.45, 2.75) is 6.92 Å². The number of aromatic nitrogens is 1. The second-order valence-electron chi connectivity index (χ2n) is 2.83. The zero-order chi connectivity index (χ0) is 9.68. The highest BCUT2D eigenvalue weighted by molar-refractivity contribution is 5.78. The van der Waals surface area contributed by atoms with Crippen molar-refractivity contribution in [3.63, 3.8) is 0 Å². The SMILES string of the molecule is C=C/C=C(\C(=C)C)c1ccncc1. The maximum Gasteiger partial charge on any atom is 0.0273 e. The summed E-state index contributed by atoms with van der Waals surface area (Å²) in [6.07, 6.45) is 7.27. The Labute approximate surface area is 79.1 Å². The summed E-state index contributed by atoms with van der Waals surface area (Å²) in [5, 5.41) is 0. The highest BCUT2D eigenvalue weighted by atomic mass is 14.6. The summed E-state index contributed by atoms with van der Waals surface area (Å²) in [4.78, 5) is 3.96. The molecule has 0 atom stereocenters. The number of pyridine rings is 1. The number of hydrogen-bond acceptors (Lipinski definition) is 1. The van der Waals surface area contributed by atoms with Crippen LogP contribution in [-0.2, 0) is 0 Å². The summed E-state index contributed by atoms with van der Waals surface area (Å²) < 4.78 is 0. The molecule has 0 saturated heterocycles. The molecule has 1 heterocycles. The van der Waals surface area contributed by atoms with Crippen LogP contribution in [0, 0.1) is 0 Å². The van der Waals surface area contributed by atoms with Gasteiger partial charge in [0.25, 0.3) is 0 Å². The molecule has 0 spiro atoms. The Morgan fingerprint density at radius 1 is 1.38 bits per heavy atom. The summed E-state index contributed by atoms with van der Waals surface area (Å²) in [6, 6.07) is 3.92. The molecule has 0 radical (unpaired) electrons. The largest absolute Gasteiger partial charge is 0.265 e. The van der Waals surface area contributed by atoms with E-state index in [0.29, 0.717) is 0 Å². The zero-order valence-electron chi connectivity index (χ0n) is 7.83. The summed E-state index contributed by atoms with van der Waals surface area (Å²) >= 11 is 0. The van der Waals surface area contributed by atoms with Crippen molar-refractivity contribution in [3.8, 4) is 0 Å². The molecule has 0 unspecified atom stereocenters. The molecule has 1 nitrogen and oxygen atoms in total. The summed E-state index contributed by atoms with van der Waals surface area (Å²) in [5.41, 5.74) is 3.27. The highest BCUT2D eigenvalue weighted by Gasteiger charge is 1.99. The number of allylic oxidation sites excluding steroid dienone is 4. The molecule has 0 bridgehead atoms. The lowest BCUT2D eigenvalue weighted by atomic mass is 10.0. The summed E-state index contributed by atoms with van der Waals surface area (Å²) in [5.74, 6) is 0. The second-order valence-corrected chi connectivity index (χ2v) is 2.83. The highest BCUT2D eigenvalue weighted by Crippen LogP contribution is 2.20. The van der Waals surface area contributed by atoms with Gasteiger partial charge in [0.05, 0.1) is 0 Å². The quantitative estimate of drug-likeness (QED) is 0.636. The summed E-state index contributed by atoms with van der Waals surface area (Å²) in [6.45, 7) is 9.57. The monoisotopic (exact) mass is 171 g/mol. The maximum atomic E-state index is 3.96. The van der Waals surface area contributed by atoms with Gasteiger partial charge in [-0.15, -0.1) is 0 Å². The van der Waals surface area contributed by atoms with Crippen LogP contribution in [0.1, 0.15) is 12.5 Å². The fourth-order valence-electron chi connectivity index (χ4n) is 1.13. The molecule has 1 aromatic heterocycles. The fourth-order valence-corrected chi connectivity index (χ4v) is 1.13. The lowest BCUT2D eigenvalue weighted by molar-refractivity contribution is 1.31. The average molecular weight is 171 g/mol. The first kappa shape index (κ1) is 9.46. The van der Waals surface area contributed by atoms with Gasteiger partial charge in [-0.2, -0.15) is 0 Å². The fraction of sp³-hybridized carbons (Fsp3) is 0.0833. The van der Waals surface area contributed by atoms with Crippen LogP contribution in [0.25, 0.3) is 5.57 Å². The first-order valence-corrected chi connectivity index (χ1v) is 4.14. The van der Waals surface area contributed by atoms with E-state index < -0.39 is 0 Å². The van der Waals surface area contributed by atoms with E-state index >= 15 is 0 Å². The van der Waals surface area contributed by atoms with Crippen LogP contribution in [0.4, 0.5) is 0 Å². The smallest absolute Gasteiger partial charge is 0.0273 e. The van der Waals surface area contributed by atoms with E-state index in [4.69, 9.17) is 0 Å². The van der Waals surface area contributed by atoms with Crippen molar-refractivity contribution >= 4 is 5.57 Å². The molecule has 0 amide bonds. The van der Waals surface area contributed by atoms with Gasteiger partial charge in [-0.05, 0) is 30.2 Å². The minimum atomic E-state index is 1.03. The van der Waals surface area contributed by atoms with Gasteiger partial charge in [0.15, 0.2) is 0 Å². The van der Waals surface area contributed by atoms with E-state index in [1.807, 2.05) is 25.1 Å². The third-order valence-electron chi connectivity index (χ3n) is 1.74. The van der Waals surface area contributed by atoms with Crippen LogP contribution in [0.3, 0.4) is 0 Å². The third kappa shape index (κ3) is 2.41. The molecule has 0 fully saturated rings. The van der Waals surface area contributed by atoms with E-state index in [2.05, 4.69) is 18.1 Å². The molecule has 0 aliphatic rings. The number of hydrogen-bond donors (Lipinski definition) is 0. The van der Waals surface area contributed by atoms with E-state index in [1.54, 1.807) is 18.5 Å². The van der Waals surface area contributed by atoms with Crippen molar-refractivity contribution in [3.05, 3.63) is 61.0 Å². The second kappa shape index (κ2) is 4.41. The minimum absolute atomic E-state index is 1.03. The topological polar surface area (TPSA) is 12.9 Å². The first-order valence-electron chi connectivity index (χ1n) is 4.14. The lowest BCUT2D eigenvalue weighted by Crippen LogP contribution is -1.85. The Hall–Kier alpha value is -1.63. The van der Waals surface area contributed by atoms with Gasteiger partial charge in [0.2, 0.25) is 0 Å². The molecular weight excluding hydrogens is 158 g/mol. The Morgan fingerprint density at radius 2 is 2.00 bits per heavy atom. The summed E-state index contributed by atoms with van der Waals surface area (Å²) in [7, 11) is 0. The van der Waals surface area contributed by atoms with E-state index in [9.17, 15) is 0 Å². The molecule has 1 rings (SSSR count). The Morgan fingerprint density at radius 3 is 2.46 bits per heavy atom. The van der Waals surface area contributed by atoms with Crippen molar-refractivity contribution in [2.75, 3.05) is 0 Å². The first-order chi connectivity index (χ1) is 6.25. The van der Waals surface area contributed by atoms with Gasteiger partial charge in [0, 0.05) is 12.4 Å². The minimum Gasteiger partial charge on any atom is -0.265 e.